The smallest absolute Gasteiger partial charge is 0.341 e. The molecule has 0 amide bonds. The highest BCUT2D eigenvalue weighted by Crippen LogP contribution is 2.41. The number of fused-ring (bicyclic) bond motifs is 2. The predicted molar refractivity (Wildman–Crippen MR) is 111 cm³/mol. The Labute approximate surface area is 183 Å². The molecular weight excluding hydrogens is 400 g/mol. The second-order valence-electron chi connectivity index (χ2n) is 9.56. The van der Waals surface area contributed by atoms with E-state index in [0.717, 1.165) is 44.9 Å². The fourth-order valence-corrected chi connectivity index (χ4v) is 4.82. The van der Waals surface area contributed by atoms with Crippen LogP contribution >= 0.6 is 0 Å². The summed E-state index contributed by atoms with van der Waals surface area (Å²) in [7, 11) is 0. The van der Waals surface area contributed by atoms with E-state index in [1.54, 1.807) is 6.92 Å². The van der Waals surface area contributed by atoms with Gasteiger partial charge in [0.05, 0.1) is 31.0 Å². The first-order valence-corrected chi connectivity index (χ1v) is 11.9. The van der Waals surface area contributed by atoms with Crippen molar-refractivity contribution in [2.24, 2.45) is 11.8 Å². The van der Waals surface area contributed by atoms with E-state index in [1.807, 2.05) is 6.08 Å². The molecule has 0 aromatic carbocycles. The van der Waals surface area contributed by atoms with Gasteiger partial charge in [0.2, 0.25) is 0 Å². The second kappa shape index (κ2) is 10.3. The first-order valence-electron chi connectivity index (χ1n) is 11.9. The van der Waals surface area contributed by atoms with E-state index in [2.05, 4.69) is 0 Å². The molecule has 6 unspecified atom stereocenters. The van der Waals surface area contributed by atoms with Crippen LogP contribution in [0.2, 0.25) is 0 Å². The fraction of sp³-hybridized carbons (Fsp3) is 0.792. The normalized spacial score (nSPS) is 33.6. The van der Waals surface area contributed by atoms with Crippen LogP contribution in [-0.2, 0) is 33.3 Å². The summed E-state index contributed by atoms with van der Waals surface area (Å²) in [6.45, 7) is 2.15. The van der Waals surface area contributed by atoms with Crippen molar-refractivity contribution in [3.05, 3.63) is 11.6 Å². The van der Waals surface area contributed by atoms with Crippen molar-refractivity contribution in [2.45, 2.75) is 102 Å². The van der Waals surface area contributed by atoms with E-state index < -0.39 is 11.9 Å². The molecule has 2 aliphatic carbocycles. The van der Waals surface area contributed by atoms with Gasteiger partial charge in [0, 0.05) is 18.4 Å². The van der Waals surface area contributed by atoms with Crippen LogP contribution < -0.4 is 0 Å². The number of allylic oxidation sites excluding steroid dienone is 1. The third-order valence-corrected chi connectivity index (χ3v) is 7.00. The monoisotopic (exact) mass is 434 g/mol. The molecular formula is C24H34O7. The zero-order chi connectivity index (χ0) is 21.8. The number of epoxide rings is 2. The number of carbonyl (C=O) groups is 3. The maximum Gasteiger partial charge on any atom is 0.341 e. The summed E-state index contributed by atoms with van der Waals surface area (Å²) in [6, 6.07) is 0. The number of hydrogen-bond acceptors (Lipinski definition) is 7. The van der Waals surface area contributed by atoms with Gasteiger partial charge in [-0.15, -0.1) is 0 Å². The van der Waals surface area contributed by atoms with Crippen LogP contribution in [-0.4, -0.2) is 48.9 Å². The van der Waals surface area contributed by atoms with Crippen molar-refractivity contribution in [3.63, 3.8) is 0 Å². The minimum Gasteiger partial charge on any atom is -0.465 e. The highest BCUT2D eigenvalue weighted by molar-refractivity contribution is 5.95. The Bertz CT molecular complexity index is 715. The maximum atomic E-state index is 12.1. The number of rotatable bonds is 10. The maximum absolute atomic E-state index is 12.1. The van der Waals surface area contributed by atoms with E-state index >= 15 is 0 Å². The summed E-state index contributed by atoms with van der Waals surface area (Å²) in [6.07, 6.45) is 12.3. The number of unbranched alkanes of at least 4 members (excludes halogenated alkanes) is 1. The lowest BCUT2D eigenvalue weighted by molar-refractivity contribution is -0.157. The molecule has 0 bridgehead atoms. The number of carbonyl (C=O) groups excluding carboxylic acids is 3. The Morgan fingerprint density at radius 1 is 0.839 bits per heavy atom. The third kappa shape index (κ3) is 6.88. The summed E-state index contributed by atoms with van der Waals surface area (Å²) in [5.74, 6) is -0.400. The molecule has 0 aromatic heterocycles. The lowest BCUT2D eigenvalue weighted by Gasteiger charge is -2.18. The van der Waals surface area contributed by atoms with E-state index in [9.17, 15) is 14.4 Å². The molecule has 2 aliphatic heterocycles. The summed E-state index contributed by atoms with van der Waals surface area (Å²) in [4.78, 5) is 35.9. The number of hydrogen-bond donors (Lipinski definition) is 0. The van der Waals surface area contributed by atoms with E-state index in [-0.39, 0.29) is 18.8 Å². The van der Waals surface area contributed by atoms with Gasteiger partial charge >= 0.3 is 17.9 Å². The predicted octanol–water partition coefficient (Wildman–Crippen LogP) is 3.63. The lowest BCUT2D eigenvalue weighted by Crippen LogP contribution is -2.20. The van der Waals surface area contributed by atoms with Gasteiger partial charge in [-0.2, -0.15) is 0 Å². The molecule has 7 nitrogen and oxygen atoms in total. The Kier molecular flexibility index (Phi) is 7.43. The van der Waals surface area contributed by atoms with Crippen LogP contribution in [0.1, 0.15) is 77.6 Å². The van der Waals surface area contributed by atoms with Gasteiger partial charge in [0.25, 0.3) is 0 Å². The SMILES string of the molecule is CC(=CCC1CCC2OC2C1)C(=O)OC(=O)CCCCC(=O)OCC1CCC2OC2C1. The molecule has 0 N–H and O–H groups in total. The molecule has 7 heteroatoms. The molecule has 0 spiro atoms. The van der Waals surface area contributed by atoms with Crippen LogP contribution in [0.3, 0.4) is 0 Å². The van der Waals surface area contributed by atoms with Crippen LogP contribution in [0.15, 0.2) is 11.6 Å². The van der Waals surface area contributed by atoms with Crippen molar-refractivity contribution in [1.29, 1.82) is 0 Å². The first-order chi connectivity index (χ1) is 15.0. The molecule has 2 saturated carbocycles. The number of esters is 3. The largest absolute Gasteiger partial charge is 0.465 e. The molecule has 4 rings (SSSR count). The summed E-state index contributed by atoms with van der Waals surface area (Å²) in [5.41, 5.74) is 0.474. The van der Waals surface area contributed by atoms with E-state index in [0.29, 0.717) is 61.3 Å². The minimum atomic E-state index is -0.574. The van der Waals surface area contributed by atoms with Gasteiger partial charge in [-0.05, 0) is 76.5 Å². The molecule has 0 radical (unpaired) electrons. The van der Waals surface area contributed by atoms with Gasteiger partial charge in [-0.3, -0.25) is 9.59 Å². The van der Waals surface area contributed by atoms with E-state index in [1.165, 1.54) is 0 Å². The standard InChI is InChI=1S/C24H34O7/c1-15(6-7-16-8-10-18-20(12-16)29-18)24(27)31-23(26)5-3-2-4-22(25)28-14-17-9-11-19-21(13-17)30-19/h6,16-21H,2-5,7-14H2,1H3. The number of ether oxygens (including phenoxy) is 4. The minimum absolute atomic E-state index is 0.123. The Morgan fingerprint density at radius 2 is 1.45 bits per heavy atom. The van der Waals surface area contributed by atoms with Gasteiger partial charge in [-0.1, -0.05) is 6.08 Å². The van der Waals surface area contributed by atoms with Crippen molar-refractivity contribution >= 4 is 17.9 Å². The van der Waals surface area contributed by atoms with E-state index in [4.69, 9.17) is 18.9 Å². The first kappa shape index (κ1) is 22.5. The molecule has 4 aliphatic rings. The molecule has 4 fully saturated rings. The van der Waals surface area contributed by atoms with Gasteiger partial charge in [-0.25, -0.2) is 4.79 Å². The topological polar surface area (TPSA) is 94.7 Å². The highest BCUT2D eigenvalue weighted by atomic mass is 16.6. The van der Waals surface area contributed by atoms with Gasteiger partial charge in [0.15, 0.2) is 0 Å². The molecule has 31 heavy (non-hydrogen) atoms. The molecule has 2 saturated heterocycles. The summed E-state index contributed by atoms with van der Waals surface area (Å²) < 4.78 is 21.3. The van der Waals surface area contributed by atoms with Crippen LogP contribution in [0.4, 0.5) is 0 Å². The molecule has 6 atom stereocenters. The van der Waals surface area contributed by atoms with Crippen LogP contribution in [0.5, 0.6) is 0 Å². The zero-order valence-corrected chi connectivity index (χ0v) is 18.4. The van der Waals surface area contributed by atoms with Gasteiger partial charge in [0.1, 0.15) is 0 Å². The van der Waals surface area contributed by atoms with Crippen molar-refractivity contribution in [3.8, 4) is 0 Å². The Hall–Kier alpha value is -1.73. The molecule has 172 valence electrons. The van der Waals surface area contributed by atoms with Crippen LogP contribution in [0.25, 0.3) is 0 Å². The van der Waals surface area contributed by atoms with Gasteiger partial charge < -0.3 is 18.9 Å². The average Bonchev–Trinajstić information content (AvgIpc) is 3.67. The fourth-order valence-electron chi connectivity index (χ4n) is 4.82. The average molecular weight is 435 g/mol. The van der Waals surface area contributed by atoms with Crippen molar-refractivity contribution < 1.29 is 33.3 Å². The van der Waals surface area contributed by atoms with Crippen LogP contribution in [0, 0.1) is 11.8 Å². The zero-order valence-electron chi connectivity index (χ0n) is 18.4. The quantitative estimate of drug-likeness (QED) is 0.170. The molecule has 0 aromatic rings. The van der Waals surface area contributed by atoms with Crippen molar-refractivity contribution in [1.82, 2.24) is 0 Å². The van der Waals surface area contributed by atoms with Crippen molar-refractivity contribution in [2.75, 3.05) is 6.61 Å². The Morgan fingerprint density at radius 3 is 2.13 bits per heavy atom. The lowest BCUT2D eigenvalue weighted by atomic mass is 9.86. The Balaban J connectivity index is 1.03. The summed E-state index contributed by atoms with van der Waals surface area (Å²) in [5, 5.41) is 0. The highest BCUT2D eigenvalue weighted by Gasteiger charge is 2.44. The summed E-state index contributed by atoms with van der Waals surface area (Å²) >= 11 is 0. The molecule has 2 heterocycles. The second-order valence-corrected chi connectivity index (χ2v) is 9.56. The third-order valence-electron chi connectivity index (χ3n) is 7.00.